The number of carbonyl (C=O) groups excluding carboxylic acids is 2. The highest BCUT2D eigenvalue weighted by atomic mass is 35.5. The predicted octanol–water partition coefficient (Wildman–Crippen LogP) is 5.59. The SMILES string of the molecule is Cc1cc(-c2ncnn2C)c2cccc(OCc3c(Cl)cc(F)cc3[C@H](C)N3C(=O)N(C4CC4)C(=O)[C@H]3C)c2n1. The van der Waals surface area contributed by atoms with Crippen molar-refractivity contribution in [3.8, 4) is 17.1 Å². The van der Waals surface area contributed by atoms with Gasteiger partial charge in [-0.3, -0.25) is 9.69 Å². The Morgan fingerprint density at radius 1 is 1.20 bits per heavy atom. The minimum absolute atomic E-state index is 0.00348. The molecule has 1 saturated carbocycles. The Balaban J connectivity index is 1.35. The molecule has 3 amide bonds. The molecule has 0 radical (unpaired) electrons. The summed E-state index contributed by atoms with van der Waals surface area (Å²) in [5.74, 6) is 0.459. The molecule has 0 bridgehead atoms. The van der Waals surface area contributed by atoms with Crippen molar-refractivity contribution in [2.24, 2.45) is 7.05 Å². The number of pyridine rings is 1. The fourth-order valence-electron chi connectivity index (χ4n) is 5.51. The van der Waals surface area contributed by atoms with Gasteiger partial charge in [0.15, 0.2) is 5.82 Å². The van der Waals surface area contributed by atoms with Crippen molar-refractivity contribution < 1.29 is 18.7 Å². The molecule has 1 aliphatic carbocycles. The van der Waals surface area contributed by atoms with Crippen LogP contribution in [0.5, 0.6) is 5.75 Å². The maximum atomic E-state index is 14.6. The van der Waals surface area contributed by atoms with Crippen LogP contribution in [0.15, 0.2) is 42.7 Å². The molecule has 9 nitrogen and oxygen atoms in total. The van der Waals surface area contributed by atoms with Gasteiger partial charge in [-0.2, -0.15) is 5.10 Å². The van der Waals surface area contributed by atoms with Gasteiger partial charge in [0.1, 0.15) is 36.1 Å². The van der Waals surface area contributed by atoms with E-state index < -0.39 is 17.9 Å². The lowest BCUT2D eigenvalue weighted by Crippen LogP contribution is -2.37. The first-order valence-corrected chi connectivity index (χ1v) is 13.5. The number of hydrogen-bond acceptors (Lipinski definition) is 6. The monoisotopic (exact) mass is 562 g/mol. The number of aromatic nitrogens is 4. The fourth-order valence-corrected chi connectivity index (χ4v) is 5.78. The zero-order chi connectivity index (χ0) is 28.3. The van der Waals surface area contributed by atoms with Gasteiger partial charge < -0.3 is 9.64 Å². The number of aryl methyl sites for hydroxylation is 2. The number of para-hydroxylation sites is 1. The number of imide groups is 1. The Hall–Kier alpha value is -4.05. The molecule has 3 heterocycles. The number of urea groups is 1. The quantitative estimate of drug-likeness (QED) is 0.273. The number of fused-ring (bicyclic) bond motifs is 1. The fraction of sp³-hybridized carbons (Fsp3) is 0.345. The Bertz CT molecular complexity index is 1670. The van der Waals surface area contributed by atoms with E-state index in [9.17, 15) is 14.0 Å². The minimum atomic E-state index is -0.664. The van der Waals surface area contributed by atoms with Gasteiger partial charge >= 0.3 is 6.03 Å². The number of amides is 3. The third-order valence-electron chi connectivity index (χ3n) is 7.67. The van der Waals surface area contributed by atoms with Crippen LogP contribution in [0.3, 0.4) is 0 Å². The van der Waals surface area contributed by atoms with Crippen molar-refractivity contribution >= 4 is 34.4 Å². The molecule has 6 rings (SSSR count). The highest BCUT2D eigenvalue weighted by Crippen LogP contribution is 2.39. The van der Waals surface area contributed by atoms with Gasteiger partial charge in [-0.15, -0.1) is 0 Å². The molecule has 2 atom stereocenters. The second-order valence-corrected chi connectivity index (χ2v) is 10.8. The highest BCUT2D eigenvalue weighted by Gasteiger charge is 2.50. The van der Waals surface area contributed by atoms with Crippen LogP contribution in [0, 0.1) is 12.7 Å². The van der Waals surface area contributed by atoms with E-state index in [4.69, 9.17) is 21.3 Å². The van der Waals surface area contributed by atoms with E-state index in [1.54, 1.807) is 18.5 Å². The standard InChI is InChI=1S/C29H28ClFN6O3/c1-15-10-22(27-32-14-33-35(27)4)20-6-5-7-25(26(20)34-15)40-13-23-21(11-18(31)12-24(23)30)16(2)36-17(3)28(38)37(29(36)39)19-8-9-19/h5-7,10-12,14,16-17,19H,8-9,13H2,1-4H3/t16-,17+/m0/s1. The summed E-state index contributed by atoms with van der Waals surface area (Å²) >= 11 is 6.56. The van der Waals surface area contributed by atoms with Crippen LogP contribution in [0.4, 0.5) is 9.18 Å². The molecule has 0 spiro atoms. The van der Waals surface area contributed by atoms with Gasteiger partial charge in [-0.1, -0.05) is 23.7 Å². The summed E-state index contributed by atoms with van der Waals surface area (Å²) in [5.41, 5.74) is 3.31. The zero-order valence-corrected chi connectivity index (χ0v) is 23.3. The Labute approximate surface area is 235 Å². The van der Waals surface area contributed by atoms with E-state index in [1.165, 1.54) is 28.3 Å². The van der Waals surface area contributed by atoms with E-state index in [0.717, 1.165) is 29.5 Å². The van der Waals surface area contributed by atoms with Crippen molar-refractivity contribution in [2.45, 2.75) is 58.3 Å². The van der Waals surface area contributed by atoms with Crippen molar-refractivity contribution in [1.29, 1.82) is 0 Å². The minimum Gasteiger partial charge on any atom is -0.487 e. The van der Waals surface area contributed by atoms with Crippen molar-refractivity contribution in [3.05, 3.63) is 70.4 Å². The first-order chi connectivity index (χ1) is 19.2. The van der Waals surface area contributed by atoms with E-state index in [2.05, 4.69) is 10.1 Å². The number of benzene rings is 2. The largest absolute Gasteiger partial charge is 0.487 e. The molecular weight excluding hydrogens is 535 g/mol. The first kappa shape index (κ1) is 26.2. The molecule has 0 unspecified atom stereocenters. The molecule has 2 fully saturated rings. The lowest BCUT2D eigenvalue weighted by molar-refractivity contribution is -0.128. The summed E-state index contributed by atoms with van der Waals surface area (Å²) < 4.78 is 22.6. The van der Waals surface area contributed by atoms with Crippen molar-refractivity contribution in [3.63, 3.8) is 0 Å². The Kier molecular flexibility index (Phi) is 6.45. The van der Waals surface area contributed by atoms with E-state index in [-0.39, 0.29) is 29.6 Å². The number of nitrogens with zero attached hydrogens (tertiary/aromatic N) is 6. The van der Waals surface area contributed by atoms with Gasteiger partial charge in [-0.05, 0) is 63.4 Å². The summed E-state index contributed by atoms with van der Waals surface area (Å²) in [6.07, 6.45) is 3.13. The molecule has 0 N–H and O–H groups in total. The van der Waals surface area contributed by atoms with Crippen LogP contribution >= 0.6 is 11.6 Å². The number of rotatable bonds is 7. The highest BCUT2D eigenvalue weighted by molar-refractivity contribution is 6.31. The summed E-state index contributed by atoms with van der Waals surface area (Å²) in [4.78, 5) is 38.1. The molecule has 4 aromatic rings. The molecule has 11 heteroatoms. The summed E-state index contributed by atoms with van der Waals surface area (Å²) in [5, 5.41) is 5.21. The predicted molar refractivity (Wildman–Crippen MR) is 147 cm³/mol. The second-order valence-electron chi connectivity index (χ2n) is 10.4. The molecule has 1 saturated heterocycles. The van der Waals surface area contributed by atoms with E-state index in [0.29, 0.717) is 28.2 Å². The van der Waals surface area contributed by atoms with Gasteiger partial charge in [0.2, 0.25) is 0 Å². The summed E-state index contributed by atoms with van der Waals surface area (Å²) in [6, 6.07) is 8.48. The zero-order valence-electron chi connectivity index (χ0n) is 22.6. The summed E-state index contributed by atoms with van der Waals surface area (Å²) in [7, 11) is 1.83. The normalized spacial score (nSPS) is 18.2. The number of ether oxygens (including phenoxy) is 1. The Morgan fingerprint density at radius 3 is 2.67 bits per heavy atom. The lowest BCUT2D eigenvalue weighted by atomic mass is 9.99. The maximum absolute atomic E-state index is 14.6. The average molecular weight is 563 g/mol. The lowest BCUT2D eigenvalue weighted by Gasteiger charge is -2.29. The number of halogens is 2. The van der Waals surface area contributed by atoms with E-state index in [1.807, 2.05) is 38.2 Å². The summed E-state index contributed by atoms with van der Waals surface area (Å²) in [6.45, 7) is 5.38. The van der Waals surface area contributed by atoms with Crippen LogP contribution in [0.25, 0.3) is 22.3 Å². The number of hydrogen-bond donors (Lipinski definition) is 0. The van der Waals surface area contributed by atoms with Gasteiger partial charge in [0.05, 0.1) is 11.1 Å². The van der Waals surface area contributed by atoms with Gasteiger partial charge in [-0.25, -0.2) is 23.8 Å². The van der Waals surface area contributed by atoms with Crippen molar-refractivity contribution in [2.75, 3.05) is 0 Å². The van der Waals surface area contributed by atoms with Crippen LogP contribution in [-0.2, 0) is 18.4 Å². The molecule has 2 aromatic heterocycles. The van der Waals surface area contributed by atoms with Crippen molar-refractivity contribution in [1.82, 2.24) is 29.5 Å². The molecular formula is C29H28ClFN6O3. The molecule has 206 valence electrons. The first-order valence-electron chi connectivity index (χ1n) is 13.2. The van der Waals surface area contributed by atoms with Crippen LogP contribution in [0.1, 0.15) is 49.6 Å². The van der Waals surface area contributed by atoms with Crippen LogP contribution in [0.2, 0.25) is 5.02 Å². The maximum Gasteiger partial charge on any atom is 0.328 e. The smallest absolute Gasteiger partial charge is 0.328 e. The van der Waals surface area contributed by atoms with Crippen LogP contribution < -0.4 is 4.74 Å². The Morgan fingerprint density at radius 2 is 1.98 bits per heavy atom. The third-order valence-corrected chi connectivity index (χ3v) is 8.01. The van der Waals surface area contributed by atoms with Gasteiger partial charge in [0.25, 0.3) is 5.91 Å². The van der Waals surface area contributed by atoms with Gasteiger partial charge in [0, 0.05) is 35.3 Å². The van der Waals surface area contributed by atoms with E-state index >= 15 is 0 Å². The number of carbonyl (C=O) groups is 2. The molecule has 2 aromatic carbocycles. The van der Waals surface area contributed by atoms with Crippen LogP contribution in [-0.4, -0.2) is 53.6 Å². The average Bonchev–Trinajstić information content (AvgIpc) is 3.60. The third kappa shape index (κ3) is 4.36. The molecule has 1 aliphatic heterocycles. The second kappa shape index (κ2) is 9.85. The molecule has 40 heavy (non-hydrogen) atoms. The molecule has 2 aliphatic rings. The topological polar surface area (TPSA) is 93.5 Å².